The molecule has 0 bridgehead atoms. The third kappa shape index (κ3) is 3.43. The van der Waals surface area contributed by atoms with Crippen LogP contribution in [0.3, 0.4) is 0 Å². The quantitative estimate of drug-likeness (QED) is 0.850. The van der Waals surface area contributed by atoms with Crippen LogP contribution in [0.5, 0.6) is 0 Å². The van der Waals surface area contributed by atoms with E-state index < -0.39 is 5.41 Å². The number of hydrogen-bond acceptors (Lipinski definition) is 3. The molecule has 1 aromatic carbocycles. The number of benzene rings is 1. The first-order valence-corrected chi connectivity index (χ1v) is 7.53. The molecule has 1 fully saturated rings. The number of rotatable bonds is 2. The molecular formula is C17H25FO3. The zero-order valence-electron chi connectivity index (χ0n) is 13.3. The Morgan fingerprint density at radius 2 is 1.90 bits per heavy atom. The fourth-order valence-electron chi connectivity index (χ4n) is 3.00. The van der Waals surface area contributed by atoms with E-state index in [1.807, 2.05) is 13.8 Å². The molecule has 0 amide bonds. The summed E-state index contributed by atoms with van der Waals surface area (Å²) in [6.07, 6.45) is 1.67. The van der Waals surface area contributed by atoms with E-state index >= 15 is 0 Å². The van der Waals surface area contributed by atoms with Gasteiger partial charge in [-0.05, 0) is 49.8 Å². The number of hydrogen-bond donors (Lipinski definition) is 1. The second-order valence-electron chi connectivity index (χ2n) is 5.22. The number of carbonyl (C=O) groups excluding carboxylic acids is 1. The number of ether oxygens (including phenoxy) is 1. The summed E-state index contributed by atoms with van der Waals surface area (Å²) >= 11 is 0. The molecule has 1 aliphatic carbocycles. The van der Waals surface area contributed by atoms with Gasteiger partial charge in [-0.25, -0.2) is 4.39 Å². The predicted octanol–water partition coefficient (Wildman–Crippen LogP) is 3.51. The highest BCUT2D eigenvalue weighted by Crippen LogP contribution is 2.42. The van der Waals surface area contributed by atoms with Crippen molar-refractivity contribution >= 4 is 5.97 Å². The van der Waals surface area contributed by atoms with Crippen molar-refractivity contribution in [2.45, 2.75) is 58.0 Å². The normalized spacial score (nSPS) is 24.8. The molecule has 0 heterocycles. The van der Waals surface area contributed by atoms with Gasteiger partial charge in [0, 0.05) is 0 Å². The molecule has 1 aliphatic rings. The second kappa shape index (κ2) is 7.55. The van der Waals surface area contributed by atoms with Crippen molar-refractivity contribution in [2.75, 3.05) is 7.11 Å². The highest BCUT2D eigenvalue weighted by atomic mass is 19.1. The van der Waals surface area contributed by atoms with Crippen molar-refractivity contribution < 1.29 is 19.0 Å². The maximum atomic E-state index is 13.7. The third-order valence-electron chi connectivity index (χ3n) is 4.17. The van der Waals surface area contributed by atoms with E-state index in [0.717, 1.165) is 0 Å². The Labute approximate surface area is 126 Å². The van der Waals surface area contributed by atoms with Crippen LogP contribution in [-0.2, 0) is 14.9 Å². The summed E-state index contributed by atoms with van der Waals surface area (Å²) in [5, 5.41) is 9.64. The van der Waals surface area contributed by atoms with Gasteiger partial charge < -0.3 is 9.84 Å². The van der Waals surface area contributed by atoms with Crippen LogP contribution in [0, 0.1) is 12.7 Å². The number of esters is 1. The Morgan fingerprint density at radius 1 is 1.33 bits per heavy atom. The van der Waals surface area contributed by atoms with Crippen LogP contribution in [0.2, 0.25) is 0 Å². The smallest absolute Gasteiger partial charge is 0.316 e. The van der Waals surface area contributed by atoms with Gasteiger partial charge in [0.25, 0.3) is 0 Å². The summed E-state index contributed by atoms with van der Waals surface area (Å²) in [4.78, 5) is 12.2. The maximum Gasteiger partial charge on any atom is 0.316 e. The molecule has 0 radical (unpaired) electrons. The van der Waals surface area contributed by atoms with Crippen molar-refractivity contribution in [1.82, 2.24) is 0 Å². The predicted molar refractivity (Wildman–Crippen MR) is 80.7 cm³/mol. The van der Waals surface area contributed by atoms with Crippen molar-refractivity contribution in [3.63, 3.8) is 0 Å². The SMILES string of the molecule is CC.COC(=O)C1(c2cccc(F)c2C)CCC(O)CC1. The van der Waals surface area contributed by atoms with Crippen LogP contribution in [0.1, 0.15) is 50.7 Å². The monoisotopic (exact) mass is 296 g/mol. The molecule has 118 valence electrons. The van der Waals surface area contributed by atoms with Gasteiger partial charge in [0.15, 0.2) is 0 Å². The van der Waals surface area contributed by atoms with E-state index in [0.29, 0.717) is 36.8 Å². The summed E-state index contributed by atoms with van der Waals surface area (Å²) in [5.74, 6) is -0.653. The average molecular weight is 296 g/mol. The summed E-state index contributed by atoms with van der Waals surface area (Å²) in [6.45, 7) is 5.68. The lowest BCUT2D eigenvalue weighted by Gasteiger charge is -2.37. The summed E-state index contributed by atoms with van der Waals surface area (Å²) in [6, 6.07) is 4.79. The van der Waals surface area contributed by atoms with E-state index in [4.69, 9.17) is 4.74 Å². The molecule has 1 saturated carbocycles. The average Bonchev–Trinajstić information content (AvgIpc) is 2.52. The molecule has 0 saturated heterocycles. The molecule has 3 nitrogen and oxygen atoms in total. The summed E-state index contributed by atoms with van der Waals surface area (Å²) in [7, 11) is 1.35. The van der Waals surface area contributed by atoms with Gasteiger partial charge in [-0.2, -0.15) is 0 Å². The van der Waals surface area contributed by atoms with Crippen molar-refractivity contribution in [3.05, 3.63) is 35.1 Å². The van der Waals surface area contributed by atoms with Crippen LogP contribution >= 0.6 is 0 Å². The lowest BCUT2D eigenvalue weighted by Crippen LogP contribution is -2.42. The molecule has 0 unspecified atom stereocenters. The first kappa shape index (κ1) is 17.6. The Balaban J connectivity index is 0.00000106. The Hall–Kier alpha value is -1.42. The van der Waals surface area contributed by atoms with Crippen molar-refractivity contribution in [2.24, 2.45) is 0 Å². The highest BCUT2D eigenvalue weighted by Gasteiger charge is 2.45. The molecule has 4 heteroatoms. The van der Waals surface area contributed by atoms with Gasteiger partial charge >= 0.3 is 5.97 Å². The zero-order chi connectivity index (χ0) is 16.0. The van der Waals surface area contributed by atoms with Gasteiger partial charge in [-0.3, -0.25) is 4.79 Å². The van der Waals surface area contributed by atoms with Crippen molar-refractivity contribution in [1.29, 1.82) is 0 Å². The van der Waals surface area contributed by atoms with Gasteiger partial charge in [0.05, 0.1) is 18.6 Å². The first-order chi connectivity index (χ1) is 10.0. The minimum absolute atomic E-state index is 0.313. The molecule has 21 heavy (non-hydrogen) atoms. The van der Waals surface area contributed by atoms with E-state index in [1.165, 1.54) is 13.2 Å². The number of carbonyl (C=O) groups is 1. The van der Waals surface area contributed by atoms with E-state index in [-0.39, 0.29) is 17.9 Å². The second-order valence-corrected chi connectivity index (χ2v) is 5.22. The molecular weight excluding hydrogens is 271 g/mol. The van der Waals surface area contributed by atoms with Crippen LogP contribution in [0.25, 0.3) is 0 Å². The largest absolute Gasteiger partial charge is 0.468 e. The Bertz CT molecular complexity index is 477. The molecule has 0 aromatic heterocycles. The number of methoxy groups -OCH3 is 1. The summed E-state index contributed by atoms with van der Waals surface area (Å²) < 4.78 is 18.7. The number of aliphatic hydroxyl groups excluding tert-OH is 1. The Morgan fingerprint density at radius 3 is 2.43 bits per heavy atom. The fraction of sp³-hybridized carbons (Fsp3) is 0.588. The van der Waals surface area contributed by atoms with Crippen LogP contribution in [0.4, 0.5) is 4.39 Å². The van der Waals surface area contributed by atoms with E-state index in [1.54, 1.807) is 19.1 Å². The maximum absolute atomic E-state index is 13.7. The molecule has 0 spiro atoms. The van der Waals surface area contributed by atoms with Gasteiger partial charge in [-0.15, -0.1) is 0 Å². The zero-order valence-corrected chi connectivity index (χ0v) is 13.3. The number of aliphatic hydroxyl groups is 1. The minimum atomic E-state index is -0.819. The molecule has 0 atom stereocenters. The Kier molecular flexibility index (Phi) is 6.34. The van der Waals surface area contributed by atoms with Crippen molar-refractivity contribution in [3.8, 4) is 0 Å². The molecule has 1 N–H and O–H groups in total. The third-order valence-corrected chi connectivity index (χ3v) is 4.17. The lowest BCUT2D eigenvalue weighted by atomic mass is 9.67. The first-order valence-electron chi connectivity index (χ1n) is 7.53. The molecule has 0 aliphatic heterocycles. The van der Waals surface area contributed by atoms with Crippen LogP contribution < -0.4 is 0 Å². The van der Waals surface area contributed by atoms with E-state index in [2.05, 4.69) is 0 Å². The van der Waals surface area contributed by atoms with Crippen LogP contribution in [0.15, 0.2) is 18.2 Å². The number of halogens is 1. The lowest BCUT2D eigenvalue weighted by molar-refractivity contribution is -0.150. The van der Waals surface area contributed by atoms with Gasteiger partial charge in [0.2, 0.25) is 0 Å². The van der Waals surface area contributed by atoms with Crippen LogP contribution in [-0.4, -0.2) is 24.3 Å². The standard InChI is InChI=1S/C15H19FO3.C2H6/c1-10-12(4-3-5-13(10)16)15(14(18)19-2)8-6-11(17)7-9-15;1-2/h3-5,11,17H,6-9H2,1-2H3;1-2H3. The molecule has 1 aromatic rings. The van der Waals surface area contributed by atoms with E-state index in [9.17, 15) is 14.3 Å². The molecule has 2 rings (SSSR count). The van der Waals surface area contributed by atoms with Gasteiger partial charge in [-0.1, -0.05) is 26.0 Å². The van der Waals surface area contributed by atoms with Gasteiger partial charge in [0.1, 0.15) is 5.82 Å². The minimum Gasteiger partial charge on any atom is -0.468 e. The highest BCUT2D eigenvalue weighted by molar-refractivity contribution is 5.83. The summed E-state index contributed by atoms with van der Waals surface area (Å²) in [5.41, 5.74) is 0.357. The fourth-order valence-corrected chi connectivity index (χ4v) is 3.00. The topological polar surface area (TPSA) is 46.5 Å².